The summed E-state index contributed by atoms with van der Waals surface area (Å²) in [6.07, 6.45) is 4.23. The Morgan fingerprint density at radius 2 is 2.19 bits per heavy atom. The minimum absolute atomic E-state index is 0.672. The largest absolute Gasteiger partial charge is 0.316 e. The van der Waals surface area contributed by atoms with Crippen LogP contribution in [0, 0.1) is 5.92 Å². The molecule has 1 aliphatic rings. The van der Waals surface area contributed by atoms with Crippen LogP contribution in [0.4, 0.5) is 0 Å². The quantitative estimate of drug-likeness (QED) is 0.827. The molecule has 1 atom stereocenters. The minimum Gasteiger partial charge on any atom is -0.316 e. The number of nitrogens with one attached hydrogen (secondary N) is 1. The predicted octanol–water partition coefficient (Wildman–Crippen LogP) is 3.93. The lowest BCUT2D eigenvalue weighted by atomic mass is 9.80. The molecule has 0 bridgehead atoms. The first kappa shape index (κ1) is 12.5. The summed E-state index contributed by atoms with van der Waals surface area (Å²) in [6, 6.07) is 9.13. The van der Waals surface area contributed by atoms with Crippen LogP contribution in [0.2, 0.25) is 0 Å². The van der Waals surface area contributed by atoms with Crippen molar-refractivity contribution in [3.8, 4) is 0 Å². The van der Waals surface area contributed by atoms with Gasteiger partial charge in [-0.2, -0.15) is 0 Å². The van der Waals surface area contributed by atoms with Crippen LogP contribution in [0.15, 0.2) is 33.6 Å². The van der Waals surface area contributed by atoms with Crippen LogP contribution < -0.4 is 5.32 Å². The first-order chi connectivity index (χ1) is 7.81. The van der Waals surface area contributed by atoms with Crippen LogP contribution >= 0.6 is 27.7 Å². The van der Waals surface area contributed by atoms with Gasteiger partial charge in [0.2, 0.25) is 0 Å². The Balaban J connectivity index is 1.88. The number of hydrogen-bond donors (Lipinski definition) is 1. The lowest BCUT2D eigenvalue weighted by molar-refractivity contribution is 0.252. The van der Waals surface area contributed by atoms with Gasteiger partial charge >= 0.3 is 0 Å². The number of rotatable bonds is 5. The third-order valence-electron chi connectivity index (χ3n) is 3.34. The van der Waals surface area contributed by atoms with Gasteiger partial charge in [0.25, 0.3) is 0 Å². The van der Waals surface area contributed by atoms with Gasteiger partial charge in [0, 0.05) is 21.2 Å². The molecular formula is C13H18BrNS. The molecule has 88 valence electrons. The third-order valence-corrected chi connectivity index (χ3v) is 5.49. The summed E-state index contributed by atoms with van der Waals surface area (Å²) in [5, 5.41) is 3.46. The normalized spacial score (nSPS) is 18.1. The second-order valence-corrected chi connectivity index (χ2v) is 6.24. The Kier molecular flexibility index (Phi) is 4.74. The van der Waals surface area contributed by atoms with Gasteiger partial charge in [-0.1, -0.05) is 18.6 Å². The highest BCUT2D eigenvalue weighted by Gasteiger charge is 2.25. The van der Waals surface area contributed by atoms with E-state index in [4.69, 9.17) is 0 Å². The molecule has 3 heteroatoms. The molecule has 0 spiro atoms. The molecule has 1 aromatic carbocycles. The van der Waals surface area contributed by atoms with E-state index in [1.807, 2.05) is 11.8 Å². The van der Waals surface area contributed by atoms with Gasteiger partial charge in [0.15, 0.2) is 0 Å². The van der Waals surface area contributed by atoms with Gasteiger partial charge in [-0.25, -0.2) is 0 Å². The van der Waals surface area contributed by atoms with Gasteiger partial charge in [-0.15, -0.1) is 11.8 Å². The van der Waals surface area contributed by atoms with E-state index in [9.17, 15) is 0 Å². The van der Waals surface area contributed by atoms with E-state index in [0.717, 1.165) is 5.92 Å². The second-order valence-electron chi connectivity index (χ2n) is 4.33. The minimum atomic E-state index is 0.672. The molecule has 0 aromatic heterocycles. The predicted molar refractivity (Wildman–Crippen MR) is 75.1 cm³/mol. The first-order valence-corrected chi connectivity index (χ1v) is 7.63. The molecule has 1 saturated carbocycles. The maximum Gasteiger partial charge on any atom is 0.0311 e. The molecule has 0 heterocycles. The first-order valence-electron chi connectivity index (χ1n) is 5.86. The Morgan fingerprint density at radius 3 is 2.75 bits per heavy atom. The van der Waals surface area contributed by atoms with E-state index in [1.165, 1.54) is 34.4 Å². The van der Waals surface area contributed by atoms with Crippen molar-refractivity contribution in [3.63, 3.8) is 0 Å². The summed E-state index contributed by atoms with van der Waals surface area (Å²) >= 11 is 5.54. The zero-order chi connectivity index (χ0) is 11.4. The lowest BCUT2D eigenvalue weighted by Gasteiger charge is -2.33. The maximum atomic E-state index is 3.60. The van der Waals surface area contributed by atoms with Crippen LogP contribution in [-0.4, -0.2) is 18.8 Å². The van der Waals surface area contributed by atoms with Crippen LogP contribution in [-0.2, 0) is 0 Å². The van der Waals surface area contributed by atoms with Crippen LogP contribution in [0.25, 0.3) is 0 Å². The highest BCUT2D eigenvalue weighted by Crippen LogP contribution is 2.34. The summed E-state index contributed by atoms with van der Waals surface area (Å²) in [4.78, 5) is 1.35. The molecule has 0 radical (unpaired) electrons. The number of benzene rings is 1. The van der Waals surface area contributed by atoms with E-state index in [2.05, 4.69) is 52.6 Å². The Bertz CT molecular complexity index is 338. The Morgan fingerprint density at radius 1 is 1.44 bits per heavy atom. The van der Waals surface area contributed by atoms with Crippen molar-refractivity contribution >= 4 is 27.7 Å². The molecule has 0 aliphatic heterocycles. The number of halogens is 1. The van der Waals surface area contributed by atoms with Gasteiger partial charge in [0.05, 0.1) is 0 Å². The lowest BCUT2D eigenvalue weighted by Crippen LogP contribution is -2.39. The zero-order valence-electron chi connectivity index (χ0n) is 9.58. The fraction of sp³-hybridized carbons (Fsp3) is 0.538. The van der Waals surface area contributed by atoms with Gasteiger partial charge < -0.3 is 5.32 Å². The standard InChI is InChI=1S/C13H18BrNS/c1-15-12(10-5-4-6-10)9-16-13-8-3-2-7-11(13)14/h2-3,7-8,10,12,15H,4-6,9H2,1H3. The van der Waals surface area contributed by atoms with Crippen molar-refractivity contribution < 1.29 is 0 Å². The van der Waals surface area contributed by atoms with Crippen molar-refractivity contribution in [3.05, 3.63) is 28.7 Å². The average molecular weight is 300 g/mol. The van der Waals surface area contributed by atoms with Crippen molar-refractivity contribution in [1.29, 1.82) is 0 Å². The molecule has 1 N–H and O–H groups in total. The van der Waals surface area contributed by atoms with Crippen LogP contribution in [0.1, 0.15) is 19.3 Å². The van der Waals surface area contributed by atoms with Crippen LogP contribution in [0.3, 0.4) is 0 Å². The third kappa shape index (κ3) is 3.02. The van der Waals surface area contributed by atoms with Gasteiger partial charge in [-0.05, 0) is 53.9 Å². The average Bonchev–Trinajstić information content (AvgIpc) is 2.23. The Labute approximate surface area is 111 Å². The van der Waals surface area contributed by atoms with E-state index in [0.29, 0.717) is 6.04 Å². The zero-order valence-corrected chi connectivity index (χ0v) is 12.0. The van der Waals surface area contributed by atoms with E-state index >= 15 is 0 Å². The fourth-order valence-corrected chi connectivity index (χ4v) is 3.85. The SMILES string of the molecule is CNC(CSc1ccccc1Br)C1CCC1. The van der Waals surface area contributed by atoms with E-state index in [-0.39, 0.29) is 0 Å². The van der Waals surface area contributed by atoms with E-state index < -0.39 is 0 Å². The highest BCUT2D eigenvalue weighted by atomic mass is 79.9. The van der Waals surface area contributed by atoms with Gasteiger partial charge in [-0.3, -0.25) is 0 Å². The summed E-state index contributed by atoms with van der Waals surface area (Å²) in [7, 11) is 2.09. The highest BCUT2D eigenvalue weighted by molar-refractivity contribution is 9.10. The molecule has 2 rings (SSSR count). The molecule has 0 amide bonds. The molecule has 1 aromatic rings. The van der Waals surface area contributed by atoms with E-state index in [1.54, 1.807) is 0 Å². The number of thioether (sulfide) groups is 1. The molecule has 1 fully saturated rings. The van der Waals surface area contributed by atoms with Crippen molar-refractivity contribution in [2.45, 2.75) is 30.2 Å². The number of hydrogen-bond acceptors (Lipinski definition) is 2. The fourth-order valence-electron chi connectivity index (χ4n) is 2.04. The topological polar surface area (TPSA) is 12.0 Å². The van der Waals surface area contributed by atoms with Gasteiger partial charge in [0.1, 0.15) is 0 Å². The molecule has 16 heavy (non-hydrogen) atoms. The van der Waals surface area contributed by atoms with Crippen LogP contribution in [0.5, 0.6) is 0 Å². The summed E-state index contributed by atoms with van der Waals surface area (Å²) < 4.78 is 1.21. The summed E-state index contributed by atoms with van der Waals surface area (Å²) in [5.74, 6) is 2.07. The summed E-state index contributed by atoms with van der Waals surface area (Å²) in [6.45, 7) is 0. The molecule has 1 nitrogen and oxygen atoms in total. The summed E-state index contributed by atoms with van der Waals surface area (Å²) in [5.41, 5.74) is 0. The molecule has 0 saturated heterocycles. The van der Waals surface area contributed by atoms with Crippen molar-refractivity contribution in [2.24, 2.45) is 5.92 Å². The maximum absolute atomic E-state index is 3.60. The van der Waals surface area contributed by atoms with Crippen molar-refractivity contribution in [2.75, 3.05) is 12.8 Å². The molecule has 1 aliphatic carbocycles. The monoisotopic (exact) mass is 299 g/mol. The second kappa shape index (κ2) is 6.08. The smallest absolute Gasteiger partial charge is 0.0311 e. The molecular weight excluding hydrogens is 282 g/mol. The Hall–Kier alpha value is 0.01000. The molecule has 1 unspecified atom stereocenters. The van der Waals surface area contributed by atoms with Crippen molar-refractivity contribution in [1.82, 2.24) is 5.32 Å².